The third kappa shape index (κ3) is 7.73. The second kappa shape index (κ2) is 5.80. The van der Waals surface area contributed by atoms with Gasteiger partial charge in [0, 0.05) is 0 Å². The van der Waals surface area contributed by atoms with E-state index < -0.39 is 5.60 Å². The van der Waals surface area contributed by atoms with Crippen LogP contribution in [-0.4, -0.2) is 22.6 Å². The fraction of sp³-hybridized carbons (Fsp3) is 1.00. The lowest BCUT2D eigenvalue weighted by Gasteiger charge is -2.28. The van der Waals surface area contributed by atoms with Gasteiger partial charge >= 0.3 is 0 Å². The van der Waals surface area contributed by atoms with Crippen molar-refractivity contribution in [3.63, 3.8) is 0 Å². The van der Waals surface area contributed by atoms with Crippen LogP contribution in [0.4, 0.5) is 0 Å². The predicted octanol–water partition coefficient (Wildman–Crippen LogP) is 3.17. The fourth-order valence-corrected chi connectivity index (χ4v) is 0.916. The maximum absolute atomic E-state index is 8.64. The van der Waals surface area contributed by atoms with Crippen LogP contribution < -0.4 is 0 Å². The highest BCUT2D eigenvalue weighted by Crippen LogP contribution is 2.24. The Morgan fingerprint density at radius 2 is 1.47 bits per heavy atom. The Bertz CT molecular complexity index is 175. The lowest BCUT2D eigenvalue weighted by Crippen LogP contribution is -2.31. The van der Waals surface area contributed by atoms with Gasteiger partial charge in [0.25, 0.3) is 0 Å². The van der Waals surface area contributed by atoms with E-state index in [9.17, 15) is 0 Å². The zero-order valence-corrected chi connectivity index (χ0v) is 10.7. The molecule has 92 valence electrons. The summed E-state index contributed by atoms with van der Waals surface area (Å²) < 4.78 is 0. The molecular formula is C11H24O4. The first-order valence-corrected chi connectivity index (χ1v) is 5.35. The van der Waals surface area contributed by atoms with E-state index in [4.69, 9.17) is 15.0 Å². The van der Waals surface area contributed by atoms with E-state index in [0.717, 1.165) is 6.42 Å². The molecule has 15 heavy (non-hydrogen) atoms. The summed E-state index contributed by atoms with van der Waals surface area (Å²) in [7, 11) is 0. The van der Waals surface area contributed by atoms with Crippen molar-refractivity contribution in [3.8, 4) is 0 Å². The quantitative estimate of drug-likeness (QED) is 0.529. The van der Waals surface area contributed by atoms with Gasteiger partial charge in [-0.3, -0.25) is 5.26 Å². The average Bonchev–Trinajstić information content (AvgIpc) is 2.13. The van der Waals surface area contributed by atoms with E-state index in [0.29, 0.717) is 6.42 Å². The van der Waals surface area contributed by atoms with Crippen molar-refractivity contribution in [1.29, 1.82) is 0 Å². The van der Waals surface area contributed by atoms with Gasteiger partial charge in [-0.25, -0.2) is 14.7 Å². The molecule has 0 unspecified atom stereocenters. The van der Waals surface area contributed by atoms with Crippen molar-refractivity contribution < 1.29 is 19.9 Å². The molecule has 4 nitrogen and oxygen atoms in total. The van der Waals surface area contributed by atoms with E-state index in [-0.39, 0.29) is 11.7 Å². The minimum atomic E-state index is -0.543. The average molecular weight is 220 g/mol. The molecule has 0 saturated heterocycles. The molecule has 1 N–H and O–H groups in total. The molecule has 0 rings (SSSR count). The van der Waals surface area contributed by atoms with E-state index >= 15 is 0 Å². The first kappa shape index (κ1) is 14.8. The molecule has 4 heteroatoms. The van der Waals surface area contributed by atoms with Gasteiger partial charge in [0.2, 0.25) is 0 Å². The van der Waals surface area contributed by atoms with Gasteiger partial charge in [0.05, 0.1) is 17.3 Å². The Morgan fingerprint density at radius 3 is 1.87 bits per heavy atom. The highest BCUT2D eigenvalue weighted by Gasteiger charge is 2.27. The first-order chi connectivity index (χ1) is 6.68. The van der Waals surface area contributed by atoms with Gasteiger partial charge in [-0.05, 0) is 54.4 Å². The van der Waals surface area contributed by atoms with Crippen molar-refractivity contribution in [2.45, 2.75) is 71.7 Å². The summed E-state index contributed by atoms with van der Waals surface area (Å²) in [6.07, 6.45) is 1.48. The summed E-state index contributed by atoms with van der Waals surface area (Å²) in [5, 5.41) is 8.64. The third-order valence-corrected chi connectivity index (χ3v) is 2.04. The summed E-state index contributed by atoms with van der Waals surface area (Å²) in [5.41, 5.74) is -0.918. The molecule has 0 atom stereocenters. The molecule has 0 aromatic heterocycles. The minimum absolute atomic E-state index is 0.0476. The van der Waals surface area contributed by atoms with Crippen molar-refractivity contribution in [1.82, 2.24) is 0 Å². The zero-order valence-electron chi connectivity index (χ0n) is 10.7. The Kier molecular flexibility index (Phi) is 5.73. The summed E-state index contributed by atoms with van der Waals surface area (Å²) >= 11 is 0. The van der Waals surface area contributed by atoms with Crippen LogP contribution in [0.5, 0.6) is 0 Å². The molecular weight excluding hydrogens is 196 g/mol. The Hall–Kier alpha value is -0.160. The van der Waals surface area contributed by atoms with Gasteiger partial charge in [0.1, 0.15) is 0 Å². The van der Waals surface area contributed by atoms with Crippen molar-refractivity contribution in [2.75, 3.05) is 0 Å². The van der Waals surface area contributed by atoms with E-state index in [1.807, 2.05) is 41.5 Å². The van der Waals surface area contributed by atoms with Gasteiger partial charge < -0.3 is 0 Å². The van der Waals surface area contributed by atoms with Crippen LogP contribution in [0.15, 0.2) is 0 Å². The Labute approximate surface area is 92.4 Å². The van der Waals surface area contributed by atoms with Gasteiger partial charge in [-0.1, -0.05) is 0 Å². The molecule has 0 saturated carbocycles. The zero-order chi connectivity index (χ0) is 12.1. The predicted molar refractivity (Wildman–Crippen MR) is 58.4 cm³/mol. The number of hydrogen-bond acceptors (Lipinski definition) is 4. The topological polar surface area (TPSA) is 47.9 Å². The Balaban J connectivity index is 3.93. The van der Waals surface area contributed by atoms with Crippen molar-refractivity contribution in [2.24, 2.45) is 0 Å². The number of rotatable bonds is 7. The van der Waals surface area contributed by atoms with Crippen LogP contribution >= 0.6 is 0 Å². The van der Waals surface area contributed by atoms with Gasteiger partial charge in [-0.15, -0.1) is 0 Å². The smallest absolute Gasteiger partial charge is 0.0981 e. The minimum Gasteiger partial charge on any atom is -0.251 e. The Morgan fingerprint density at radius 1 is 1.00 bits per heavy atom. The second-order valence-corrected chi connectivity index (χ2v) is 5.34. The van der Waals surface area contributed by atoms with Crippen LogP contribution in [0.3, 0.4) is 0 Å². The fourth-order valence-electron chi connectivity index (χ4n) is 0.916. The summed E-state index contributed by atoms with van der Waals surface area (Å²) in [6, 6.07) is 0. The first-order valence-electron chi connectivity index (χ1n) is 5.35. The highest BCUT2D eigenvalue weighted by molar-refractivity contribution is 4.74. The lowest BCUT2D eigenvalue weighted by atomic mass is 9.94. The van der Waals surface area contributed by atoms with Gasteiger partial charge in [-0.2, -0.15) is 0 Å². The van der Waals surface area contributed by atoms with Gasteiger partial charge in [0.15, 0.2) is 0 Å². The molecule has 0 aliphatic heterocycles. The van der Waals surface area contributed by atoms with Crippen LogP contribution in [0.25, 0.3) is 0 Å². The molecule has 0 amide bonds. The standard InChI is InChI=1S/C11H24O4/c1-9(2)13-15-11(5,6)8-7-10(3,4)14-12/h9,12H,7-8H2,1-6H3. The van der Waals surface area contributed by atoms with Crippen molar-refractivity contribution >= 4 is 0 Å². The molecule has 0 aromatic rings. The third-order valence-electron chi connectivity index (χ3n) is 2.04. The van der Waals surface area contributed by atoms with E-state index in [1.165, 1.54) is 0 Å². The maximum atomic E-state index is 8.64. The molecule has 0 aromatic carbocycles. The molecule has 0 radical (unpaired) electrons. The maximum Gasteiger partial charge on any atom is 0.0981 e. The van der Waals surface area contributed by atoms with Crippen LogP contribution in [0.1, 0.15) is 54.4 Å². The molecule has 0 fully saturated rings. The second-order valence-electron chi connectivity index (χ2n) is 5.34. The van der Waals surface area contributed by atoms with Crippen LogP contribution in [0.2, 0.25) is 0 Å². The molecule has 0 aliphatic carbocycles. The normalized spacial score (nSPS) is 13.6. The van der Waals surface area contributed by atoms with Crippen LogP contribution in [-0.2, 0) is 14.7 Å². The largest absolute Gasteiger partial charge is 0.251 e. The molecule has 0 bridgehead atoms. The van der Waals surface area contributed by atoms with E-state index in [1.54, 1.807) is 0 Å². The summed E-state index contributed by atoms with van der Waals surface area (Å²) in [4.78, 5) is 14.8. The highest BCUT2D eigenvalue weighted by atomic mass is 17.2. The summed E-state index contributed by atoms with van der Waals surface area (Å²) in [6.45, 7) is 11.4. The van der Waals surface area contributed by atoms with Crippen molar-refractivity contribution in [3.05, 3.63) is 0 Å². The SMILES string of the molecule is CC(C)OOC(C)(C)CCC(C)(C)OO. The van der Waals surface area contributed by atoms with Crippen LogP contribution in [0, 0.1) is 0 Å². The number of hydrogen-bond donors (Lipinski definition) is 1. The molecule has 0 aliphatic rings. The molecule has 0 spiro atoms. The van der Waals surface area contributed by atoms with E-state index in [2.05, 4.69) is 4.89 Å². The summed E-state index contributed by atoms with van der Waals surface area (Å²) in [5.74, 6) is 0. The monoisotopic (exact) mass is 220 g/mol. The lowest BCUT2D eigenvalue weighted by molar-refractivity contribution is -0.376. The molecule has 0 heterocycles.